The van der Waals surface area contributed by atoms with Crippen LogP contribution in [0.3, 0.4) is 0 Å². The molecule has 2 rings (SSSR count). The molecule has 0 radical (unpaired) electrons. The van der Waals surface area contributed by atoms with Crippen LogP contribution in [-0.2, 0) is 4.79 Å². The summed E-state index contributed by atoms with van der Waals surface area (Å²) in [6.07, 6.45) is 3.80. The average Bonchev–Trinajstić information content (AvgIpc) is 3.27. The molecule has 0 spiro atoms. The Hall–Kier alpha value is -1.35. The number of hydrogen-bond acceptors (Lipinski definition) is 2. The number of rotatable bonds is 6. The van der Waals surface area contributed by atoms with Crippen molar-refractivity contribution in [3.8, 4) is 0 Å². The SMILES string of the molecule is CC(C(=O)N(C)CCC1CC1)C(N)c1ccccc1. The van der Waals surface area contributed by atoms with Crippen LogP contribution in [-0.4, -0.2) is 24.4 Å². The molecule has 0 aliphatic heterocycles. The minimum absolute atomic E-state index is 0.150. The molecular weight excluding hydrogens is 236 g/mol. The van der Waals surface area contributed by atoms with Gasteiger partial charge in [-0.1, -0.05) is 50.1 Å². The van der Waals surface area contributed by atoms with E-state index < -0.39 is 0 Å². The molecule has 2 unspecified atom stereocenters. The summed E-state index contributed by atoms with van der Waals surface area (Å²) in [5.74, 6) is 0.831. The van der Waals surface area contributed by atoms with Gasteiger partial charge in [0.15, 0.2) is 0 Å². The molecule has 1 aliphatic carbocycles. The molecule has 1 aromatic rings. The summed E-state index contributed by atoms with van der Waals surface area (Å²) in [5.41, 5.74) is 7.22. The van der Waals surface area contributed by atoms with Gasteiger partial charge in [0.05, 0.1) is 5.92 Å². The predicted octanol–water partition coefficient (Wildman–Crippen LogP) is 2.58. The Morgan fingerprint density at radius 3 is 2.58 bits per heavy atom. The first kappa shape index (κ1) is 14.1. The Bertz CT molecular complexity index is 414. The van der Waals surface area contributed by atoms with E-state index in [2.05, 4.69) is 0 Å². The third-order valence-corrected chi connectivity index (χ3v) is 4.06. The highest BCUT2D eigenvalue weighted by Crippen LogP contribution is 2.32. The molecule has 1 fully saturated rings. The van der Waals surface area contributed by atoms with Gasteiger partial charge in [0, 0.05) is 19.6 Å². The van der Waals surface area contributed by atoms with Crippen molar-refractivity contribution in [2.45, 2.75) is 32.2 Å². The Morgan fingerprint density at radius 2 is 2.00 bits per heavy atom. The Labute approximate surface area is 115 Å². The van der Waals surface area contributed by atoms with E-state index in [9.17, 15) is 4.79 Å². The van der Waals surface area contributed by atoms with Crippen molar-refractivity contribution in [3.05, 3.63) is 35.9 Å². The summed E-state index contributed by atoms with van der Waals surface area (Å²) >= 11 is 0. The van der Waals surface area contributed by atoms with Crippen LogP contribution >= 0.6 is 0 Å². The lowest BCUT2D eigenvalue weighted by molar-refractivity contribution is -0.134. The maximum atomic E-state index is 12.3. The van der Waals surface area contributed by atoms with Crippen molar-refractivity contribution in [1.29, 1.82) is 0 Å². The second kappa shape index (κ2) is 6.20. The Balaban J connectivity index is 1.89. The van der Waals surface area contributed by atoms with Crippen LogP contribution in [0.2, 0.25) is 0 Å². The van der Waals surface area contributed by atoms with Crippen LogP contribution in [0.5, 0.6) is 0 Å². The second-order valence-electron chi connectivity index (χ2n) is 5.72. The second-order valence-corrected chi connectivity index (χ2v) is 5.72. The van der Waals surface area contributed by atoms with Crippen molar-refractivity contribution in [1.82, 2.24) is 4.90 Å². The molecule has 1 aromatic carbocycles. The number of carbonyl (C=O) groups excluding carboxylic acids is 1. The summed E-state index contributed by atoms with van der Waals surface area (Å²) in [7, 11) is 1.89. The average molecular weight is 260 g/mol. The highest BCUT2D eigenvalue weighted by Gasteiger charge is 2.27. The molecule has 1 saturated carbocycles. The number of amides is 1. The van der Waals surface area contributed by atoms with E-state index in [4.69, 9.17) is 5.73 Å². The van der Waals surface area contributed by atoms with E-state index in [1.54, 1.807) is 0 Å². The largest absolute Gasteiger partial charge is 0.345 e. The fourth-order valence-electron chi connectivity index (χ4n) is 2.36. The van der Waals surface area contributed by atoms with Crippen LogP contribution in [0.4, 0.5) is 0 Å². The van der Waals surface area contributed by atoms with Crippen molar-refractivity contribution in [3.63, 3.8) is 0 Å². The monoisotopic (exact) mass is 260 g/mol. The van der Waals surface area contributed by atoms with Crippen LogP contribution in [0.25, 0.3) is 0 Å². The Morgan fingerprint density at radius 1 is 1.37 bits per heavy atom. The van der Waals surface area contributed by atoms with Crippen LogP contribution in [0, 0.1) is 11.8 Å². The topological polar surface area (TPSA) is 46.3 Å². The summed E-state index contributed by atoms with van der Waals surface area (Å²) in [6, 6.07) is 9.63. The van der Waals surface area contributed by atoms with E-state index in [0.717, 1.165) is 24.4 Å². The summed E-state index contributed by atoms with van der Waals surface area (Å²) < 4.78 is 0. The lowest BCUT2D eigenvalue weighted by Crippen LogP contribution is -2.37. The Kier molecular flexibility index (Phi) is 4.59. The normalized spacial score (nSPS) is 17.8. The van der Waals surface area contributed by atoms with Gasteiger partial charge in [-0.05, 0) is 17.9 Å². The quantitative estimate of drug-likeness (QED) is 0.854. The standard InChI is InChI=1S/C16H24N2O/c1-12(15(17)14-6-4-3-5-7-14)16(19)18(2)11-10-13-8-9-13/h3-7,12-13,15H,8-11,17H2,1-2H3. The molecule has 0 aromatic heterocycles. The maximum Gasteiger partial charge on any atom is 0.227 e. The van der Waals surface area contributed by atoms with E-state index in [1.807, 2.05) is 49.2 Å². The molecule has 3 nitrogen and oxygen atoms in total. The van der Waals surface area contributed by atoms with Gasteiger partial charge in [0.25, 0.3) is 0 Å². The molecule has 2 N–H and O–H groups in total. The van der Waals surface area contributed by atoms with E-state index in [-0.39, 0.29) is 17.9 Å². The summed E-state index contributed by atoms with van der Waals surface area (Å²) in [5, 5.41) is 0. The number of nitrogens with zero attached hydrogens (tertiary/aromatic N) is 1. The molecule has 1 aliphatic rings. The highest BCUT2D eigenvalue weighted by molar-refractivity contribution is 5.79. The van der Waals surface area contributed by atoms with Crippen molar-refractivity contribution in [2.24, 2.45) is 17.6 Å². The van der Waals surface area contributed by atoms with Gasteiger partial charge in [-0.15, -0.1) is 0 Å². The van der Waals surface area contributed by atoms with E-state index in [0.29, 0.717) is 0 Å². The summed E-state index contributed by atoms with van der Waals surface area (Å²) in [6.45, 7) is 2.78. The summed E-state index contributed by atoms with van der Waals surface area (Å²) in [4.78, 5) is 14.2. The van der Waals surface area contributed by atoms with Gasteiger partial charge < -0.3 is 10.6 Å². The van der Waals surface area contributed by atoms with Crippen molar-refractivity contribution in [2.75, 3.05) is 13.6 Å². The molecule has 19 heavy (non-hydrogen) atoms. The molecule has 0 saturated heterocycles. The van der Waals surface area contributed by atoms with Gasteiger partial charge in [0.1, 0.15) is 0 Å². The zero-order valence-corrected chi connectivity index (χ0v) is 11.9. The van der Waals surface area contributed by atoms with Gasteiger partial charge in [-0.25, -0.2) is 0 Å². The van der Waals surface area contributed by atoms with E-state index in [1.165, 1.54) is 12.8 Å². The molecule has 1 amide bonds. The smallest absolute Gasteiger partial charge is 0.227 e. The fourth-order valence-corrected chi connectivity index (χ4v) is 2.36. The fraction of sp³-hybridized carbons (Fsp3) is 0.562. The van der Waals surface area contributed by atoms with E-state index >= 15 is 0 Å². The maximum absolute atomic E-state index is 12.3. The third kappa shape index (κ3) is 3.80. The van der Waals surface area contributed by atoms with Crippen LogP contribution in [0.1, 0.15) is 37.8 Å². The molecular formula is C16H24N2O. The zero-order chi connectivity index (χ0) is 13.8. The lowest BCUT2D eigenvalue weighted by atomic mass is 9.94. The predicted molar refractivity (Wildman–Crippen MR) is 77.5 cm³/mol. The first-order valence-electron chi connectivity index (χ1n) is 7.15. The van der Waals surface area contributed by atoms with Crippen molar-refractivity contribution < 1.29 is 4.79 Å². The molecule has 2 atom stereocenters. The molecule has 3 heteroatoms. The molecule has 104 valence electrons. The van der Waals surface area contributed by atoms with Gasteiger partial charge in [0.2, 0.25) is 5.91 Å². The van der Waals surface area contributed by atoms with Gasteiger partial charge in [-0.2, -0.15) is 0 Å². The minimum Gasteiger partial charge on any atom is -0.345 e. The van der Waals surface area contributed by atoms with Crippen molar-refractivity contribution >= 4 is 5.91 Å². The number of benzene rings is 1. The van der Waals surface area contributed by atoms with Gasteiger partial charge in [-0.3, -0.25) is 4.79 Å². The first-order chi connectivity index (χ1) is 9.09. The highest BCUT2D eigenvalue weighted by atomic mass is 16.2. The lowest BCUT2D eigenvalue weighted by Gasteiger charge is -2.25. The number of nitrogens with two attached hydrogens (primary N) is 1. The van der Waals surface area contributed by atoms with Crippen LogP contribution in [0.15, 0.2) is 30.3 Å². The molecule has 0 bridgehead atoms. The molecule has 0 heterocycles. The number of carbonyl (C=O) groups is 1. The minimum atomic E-state index is -0.225. The van der Waals surface area contributed by atoms with Crippen LogP contribution < -0.4 is 5.73 Å². The third-order valence-electron chi connectivity index (χ3n) is 4.06. The zero-order valence-electron chi connectivity index (χ0n) is 11.9. The van der Waals surface area contributed by atoms with Gasteiger partial charge >= 0.3 is 0 Å². The first-order valence-corrected chi connectivity index (χ1v) is 7.15. The number of hydrogen-bond donors (Lipinski definition) is 1.